The molecule has 0 fully saturated rings. The number of thioether (sulfide) groups is 1. The van der Waals surface area contributed by atoms with Gasteiger partial charge in [-0.2, -0.15) is 13.2 Å². The molecule has 0 saturated heterocycles. The summed E-state index contributed by atoms with van der Waals surface area (Å²) in [5.74, 6) is -0.296. The lowest BCUT2D eigenvalue weighted by molar-refractivity contribution is -0.116. The van der Waals surface area contributed by atoms with Crippen molar-refractivity contribution in [1.82, 2.24) is 0 Å². The minimum atomic E-state index is -4.35. The lowest BCUT2D eigenvalue weighted by Gasteiger charge is -2.11. The van der Waals surface area contributed by atoms with Gasteiger partial charge in [-0.1, -0.05) is 6.07 Å². The van der Waals surface area contributed by atoms with Crippen LogP contribution in [0.15, 0.2) is 23.1 Å². The van der Waals surface area contributed by atoms with E-state index in [0.717, 1.165) is 0 Å². The third-order valence-electron chi connectivity index (χ3n) is 1.83. The van der Waals surface area contributed by atoms with Gasteiger partial charge in [0.2, 0.25) is 0 Å². The van der Waals surface area contributed by atoms with Crippen LogP contribution in [-0.2, 0) is 4.79 Å². The number of carbonyl (C=O) groups is 1. The summed E-state index contributed by atoms with van der Waals surface area (Å²) >= 11 is 7.40. The predicted octanol–water partition coefficient (Wildman–Crippen LogP) is 4.77. The van der Waals surface area contributed by atoms with Gasteiger partial charge in [0.05, 0.1) is 0 Å². The molecule has 0 spiro atoms. The molecule has 0 radical (unpaired) electrons. The maximum atomic E-state index is 12.3. The van der Waals surface area contributed by atoms with Gasteiger partial charge in [0.1, 0.15) is 5.38 Å². The Balaban J connectivity index is 3.06. The molecule has 0 amide bonds. The number of halogens is 5. The predicted molar refractivity (Wildman–Crippen MR) is 70.3 cm³/mol. The van der Waals surface area contributed by atoms with Crippen molar-refractivity contribution < 1.29 is 18.0 Å². The highest BCUT2D eigenvalue weighted by atomic mass is 127. The molecule has 0 aliphatic heterocycles. The van der Waals surface area contributed by atoms with Crippen molar-refractivity contribution in [3.8, 4) is 0 Å². The van der Waals surface area contributed by atoms with E-state index in [-0.39, 0.29) is 22.4 Å². The van der Waals surface area contributed by atoms with E-state index >= 15 is 0 Å². The first kappa shape index (κ1) is 15.1. The summed E-state index contributed by atoms with van der Waals surface area (Å²) < 4.78 is 37.3. The number of Topliss-reactive ketones (excluding diaryl/α,β-unsaturated/α-hetero) is 1. The number of alkyl halides is 4. The van der Waals surface area contributed by atoms with Crippen LogP contribution in [-0.4, -0.2) is 11.3 Å². The minimum absolute atomic E-state index is 0.0579. The Labute approximate surface area is 119 Å². The highest BCUT2D eigenvalue weighted by molar-refractivity contribution is 14.1. The second-order valence-electron chi connectivity index (χ2n) is 3.21. The molecule has 0 aliphatic rings. The minimum Gasteiger partial charge on any atom is -0.298 e. The van der Waals surface area contributed by atoms with Crippen LogP contribution in [0.25, 0.3) is 0 Å². The van der Waals surface area contributed by atoms with Gasteiger partial charge in [-0.25, -0.2) is 0 Å². The Morgan fingerprint density at radius 3 is 2.53 bits per heavy atom. The van der Waals surface area contributed by atoms with Crippen LogP contribution in [0.5, 0.6) is 0 Å². The Kier molecular flexibility index (Phi) is 5.15. The van der Waals surface area contributed by atoms with Gasteiger partial charge >= 0.3 is 5.51 Å². The molecule has 1 rings (SSSR count). The third-order valence-corrected chi connectivity index (χ3v) is 4.49. The van der Waals surface area contributed by atoms with Crippen molar-refractivity contribution in [2.24, 2.45) is 0 Å². The number of benzene rings is 1. The molecule has 0 bridgehead atoms. The molecule has 0 N–H and O–H groups in total. The highest BCUT2D eigenvalue weighted by Gasteiger charge is 2.30. The normalized spacial score (nSPS) is 13.5. The van der Waals surface area contributed by atoms with Crippen LogP contribution in [0.4, 0.5) is 13.2 Å². The number of hydrogen-bond donors (Lipinski definition) is 0. The van der Waals surface area contributed by atoms with E-state index in [1.54, 1.807) is 6.07 Å². The molecule has 1 aromatic carbocycles. The van der Waals surface area contributed by atoms with Gasteiger partial charge in [-0.15, -0.1) is 11.6 Å². The van der Waals surface area contributed by atoms with E-state index in [4.69, 9.17) is 11.6 Å². The van der Waals surface area contributed by atoms with Gasteiger partial charge in [-0.3, -0.25) is 4.79 Å². The summed E-state index contributed by atoms with van der Waals surface area (Å²) in [5.41, 5.74) is -3.97. The van der Waals surface area contributed by atoms with Gasteiger partial charge in [0, 0.05) is 8.47 Å². The summed E-state index contributed by atoms with van der Waals surface area (Å²) in [6.45, 7) is 1.30. The lowest BCUT2D eigenvalue weighted by Crippen LogP contribution is -2.04. The van der Waals surface area contributed by atoms with Gasteiger partial charge in [0.25, 0.3) is 0 Å². The molecule has 94 valence electrons. The zero-order valence-corrected chi connectivity index (χ0v) is 12.2. The summed E-state index contributed by atoms with van der Waals surface area (Å²) in [4.78, 5) is 11.1. The van der Waals surface area contributed by atoms with Crippen LogP contribution in [0.1, 0.15) is 17.9 Å². The van der Waals surface area contributed by atoms with Gasteiger partial charge in [-0.05, 0) is 59.0 Å². The van der Waals surface area contributed by atoms with Crippen molar-refractivity contribution in [2.75, 3.05) is 0 Å². The molecular formula is C10H7ClF3IOS. The summed E-state index contributed by atoms with van der Waals surface area (Å²) in [6.07, 6.45) is 0. The molecule has 1 aromatic rings. The number of ketones is 1. The molecule has 0 heterocycles. The van der Waals surface area contributed by atoms with Gasteiger partial charge in [0.15, 0.2) is 5.78 Å². The molecular weight excluding hydrogens is 388 g/mol. The van der Waals surface area contributed by atoms with Crippen molar-refractivity contribution in [3.63, 3.8) is 0 Å². The Bertz CT molecular complexity index is 436. The smallest absolute Gasteiger partial charge is 0.298 e. The molecule has 1 unspecified atom stereocenters. The molecule has 7 heteroatoms. The highest BCUT2D eigenvalue weighted by Crippen LogP contribution is 2.40. The van der Waals surface area contributed by atoms with Crippen molar-refractivity contribution >= 4 is 51.7 Å². The van der Waals surface area contributed by atoms with E-state index < -0.39 is 10.9 Å². The maximum Gasteiger partial charge on any atom is 0.446 e. The van der Waals surface area contributed by atoms with Crippen LogP contribution >= 0.6 is 46.0 Å². The Hall–Kier alpha value is 0.0500. The summed E-state index contributed by atoms with van der Waals surface area (Å²) in [7, 11) is 0. The van der Waals surface area contributed by atoms with E-state index in [0.29, 0.717) is 9.13 Å². The zero-order valence-electron chi connectivity index (χ0n) is 8.52. The number of rotatable bonds is 3. The Morgan fingerprint density at radius 2 is 2.06 bits per heavy atom. The molecule has 0 aromatic heterocycles. The van der Waals surface area contributed by atoms with Gasteiger partial charge < -0.3 is 0 Å². The van der Waals surface area contributed by atoms with Crippen LogP contribution in [0.3, 0.4) is 0 Å². The number of carbonyl (C=O) groups excluding carboxylic acids is 1. The van der Waals surface area contributed by atoms with Crippen LogP contribution in [0, 0.1) is 3.57 Å². The summed E-state index contributed by atoms with van der Waals surface area (Å²) in [6, 6.07) is 4.38. The second kappa shape index (κ2) is 5.79. The third kappa shape index (κ3) is 4.67. The first-order valence-corrected chi connectivity index (χ1v) is 6.73. The van der Waals surface area contributed by atoms with E-state index in [2.05, 4.69) is 0 Å². The van der Waals surface area contributed by atoms with E-state index in [1.807, 2.05) is 22.6 Å². The maximum absolute atomic E-state index is 12.3. The molecule has 1 atom stereocenters. The fourth-order valence-corrected chi connectivity index (χ4v) is 2.53. The Morgan fingerprint density at radius 1 is 1.47 bits per heavy atom. The molecule has 1 nitrogen and oxygen atoms in total. The van der Waals surface area contributed by atoms with Crippen LogP contribution < -0.4 is 0 Å². The van der Waals surface area contributed by atoms with Crippen LogP contribution in [0.2, 0.25) is 0 Å². The fraction of sp³-hybridized carbons (Fsp3) is 0.300. The first-order chi connectivity index (χ1) is 7.70. The second-order valence-corrected chi connectivity index (χ2v) is 5.92. The zero-order chi connectivity index (χ0) is 13.2. The van der Waals surface area contributed by atoms with E-state index in [9.17, 15) is 18.0 Å². The molecule has 17 heavy (non-hydrogen) atoms. The average Bonchev–Trinajstić information content (AvgIpc) is 2.18. The SMILES string of the molecule is CC(=O)C(Cl)c1ccc(I)c(SC(F)(F)F)c1. The fourth-order valence-electron chi connectivity index (χ4n) is 1.12. The standard InChI is InChI=1S/C10H7ClF3IOS/c1-5(16)9(11)6-2-3-7(15)8(4-6)17-10(12,13)14/h2-4,9H,1H3. The average molecular weight is 395 g/mol. The molecule has 0 saturated carbocycles. The van der Waals surface area contributed by atoms with Crippen molar-refractivity contribution in [3.05, 3.63) is 27.3 Å². The topological polar surface area (TPSA) is 17.1 Å². The largest absolute Gasteiger partial charge is 0.446 e. The molecule has 0 aliphatic carbocycles. The quantitative estimate of drug-likeness (QED) is 0.417. The number of hydrogen-bond acceptors (Lipinski definition) is 2. The monoisotopic (exact) mass is 394 g/mol. The lowest BCUT2D eigenvalue weighted by atomic mass is 10.1. The van der Waals surface area contributed by atoms with Crippen molar-refractivity contribution in [1.29, 1.82) is 0 Å². The summed E-state index contributed by atoms with van der Waals surface area (Å²) in [5, 5.41) is -0.903. The van der Waals surface area contributed by atoms with Crippen molar-refractivity contribution in [2.45, 2.75) is 22.7 Å². The van der Waals surface area contributed by atoms with E-state index in [1.165, 1.54) is 19.1 Å². The first-order valence-electron chi connectivity index (χ1n) is 4.40.